The Morgan fingerprint density at radius 2 is 1.69 bits per heavy atom. The van der Waals surface area contributed by atoms with Crippen molar-refractivity contribution in [3.8, 4) is 11.5 Å². The minimum absolute atomic E-state index is 0.0894. The zero-order valence-electron chi connectivity index (χ0n) is 13.2. The van der Waals surface area contributed by atoms with Crippen LogP contribution in [0.5, 0.6) is 11.5 Å². The van der Waals surface area contributed by atoms with Crippen LogP contribution in [0.2, 0.25) is 0 Å². The number of nitro benzene ring substituents is 1. The molecule has 0 spiro atoms. The van der Waals surface area contributed by atoms with E-state index < -0.39 is 29.5 Å². The van der Waals surface area contributed by atoms with Crippen LogP contribution in [-0.2, 0) is 11.3 Å². The third-order valence-electron chi connectivity index (χ3n) is 3.10. The van der Waals surface area contributed by atoms with Gasteiger partial charge in [-0.3, -0.25) is 14.9 Å². The largest absolute Gasteiger partial charge is 0.573 e. The predicted octanol–water partition coefficient (Wildman–Crippen LogP) is 3.19. The van der Waals surface area contributed by atoms with E-state index in [1.165, 1.54) is 42.5 Å². The van der Waals surface area contributed by atoms with Crippen molar-refractivity contribution < 1.29 is 32.4 Å². The van der Waals surface area contributed by atoms with E-state index in [1.807, 2.05) is 0 Å². The van der Waals surface area contributed by atoms with Crippen molar-refractivity contribution in [2.24, 2.45) is 0 Å². The Bertz CT molecular complexity index is 795. The molecule has 0 aliphatic carbocycles. The summed E-state index contributed by atoms with van der Waals surface area (Å²) in [5.74, 6) is -1.18. The number of hydrogen-bond donors (Lipinski definition) is 1. The maximum absolute atomic E-state index is 12.3. The van der Waals surface area contributed by atoms with Gasteiger partial charge in [0.15, 0.2) is 12.4 Å². The van der Waals surface area contributed by atoms with Crippen LogP contribution >= 0.6 is 0 Å². The van der Waals surface area contributed by atoms with E-state index in [-0.39, 0.29) is 23.5 Å². The number of carbonyl (C=O) groups excluding carboxylic acids is 1. The molecule has 10 heteroatoms. The first-order valence-corrected chi connectivity index (χ1v) is 7.23. The number of ether oxygens (including phenoxy) is 2. The normalized spacial score (nSPS) is 10.9. The summed E-state index contributed by atoms with van der Waals surface area (Å²) < 4.78 is 46.0. The van der Waals surface area contributed by atoms with E-state index in [0.717, 1.165) is 6.07 Å². The smallest absolute Gasteiger partial charge is 0.477 e. The van der Waals surface area contributed by atoms with Crippen molar-refractivity contribution in [1.82, 2.24) is 5.32 Å². The molecule has 0 aliphatic heterocycles. The van der Waals surface area contributed by atoms with Crippen LogP contribution in [0.1, 0.15) is 5.56 Å². The zero-order valence-corrected chi connectivity index (χ0v) is 13.2. The molecule has 0 radical (unpaired) electrons. The molecule has 0 atom stereocenters. The number of benzene rings is 2. The minimum atomic E-state index is -4.85. The van der Waals surface area contributed by atoms with E-state index in [2.05, 4.69) is 10.1 Å². The first kappa shape index (κ1) is 19.0. The summed E-state index contributed by atoms with van der Waals surface area (Å²) in [4.78, 5) is 22.0. The summed E-state index contributed by atoms with van der Waals surface area (Å²) in [7, 11) is 0. The van der Waals surface area contributed by atoms with E-state index in [1.54, 1.807) is 0 Å². The Morgan fingerprint density at radius 1 is 1.08 bits per heavy atom. The van der Waals surface area contributed by atoms with Crippen molar-refractivity contribution in [3.63, 3.8) is 0 Å². The van der Waals surface area contributed by atoms with Crippen LogP contribution in [0.25, 0.3) is 0 Å². The van der Waals surface area contributed by atoms with Gasteiger partial charge in [0.05, 0.1) is 4.92 Å². The third kappa shape index (κ3) is 5.65. The van der Waals surface area contributed by atoms with Gasteiger partial charge < -0.3 is 14.8 Å². The molecular weight excluding hydrogens is 357 g/mol. The summed E-state index contributed by atoms with van der Waals surface area (Å²) in [6.45, 7) is -0.765. The van der Waals surface area contributed by atoms with Crippen molar-refractivity contribution in [1.29, 1.82) is 0 Å². The van der Waals surface area contributed by atoms with E-state index in [9.17, 15) is 28.1 Å². The highest BCUT2D eigenvalue weighted by Gasteiger charge is 2.32. The lowest BCUT2D eigenvalue weighted by molar-refractivity contribution is -0.385. The average Bonchev–Trinajstić information content (AvgIpc) is 2.58. The number of rotatable bonds is 7. The fourth-order valence-electron chi connectivity index (χ4n) is 1.99. The Morgan fingerprint density at radius 3 is 2.35 bits per heavy atom. The number of hydrogen-bond acceptors (Lipinski definition) is 5. The standard InChI is InChI=1S/C16H13F3N2O5/c17-16(18,19)26-13-7-3-1-5-11(13)9-20-15(22)10-25-14-8-4-2-6-12(14)21(23)24/h1-8H,9-10H2,(H,20,22). The van der Waals surface area contributed by atoms with Gasteiger partial charge in [-0.15, -0.1) is 13.2 Å². The van der Waals surface area contributed by atoms with Crippen molar-refractivity contribution in [2.75, 3.05) is 6.61 Å². The quantitative estimate of drug-likeness (QED) is 0.597. The maximum atomic E-state index is 12.3. The fraction of sp³-hybridized carbons (Fsp3) is 0.188. The van der Waals surface area contributed by atoms with Gasteiger partial charge >= 0.3 is 12.0 Å². The minimum Gasteiger partial charge on any atom is -0.477 e. The number of alkyl halides is 3. The highest BCUT2D eigenvalue weighted by Crippen LogP contribution is 2.27. The molecule has 2 aromatic rings. The monoisotopic (exact) mass is 370 g/mol. The second-order valence-electron chi connectivity index (χ2n) is 4.95. The highest BCUT2D eigenvalue weighted by molar-refractivity contribution is 5.77. The predicted molar refractivity (Wildman–Crippen MR) is 83.6 cm³/mol. The summed E-state index contributed by atoms with van der Waals surface area (Å²) in [6, 6.07) is 10.9. The lowest BCUT2D eigenvalue weighted by Gasteiger charge is -2.13. The molecule has 1 amide bonds. The molecule has 0 saturated carbocycles. The van der Waals surface area contributed by atoms with Gasteiger partial charge in [0.25, 0.3) is 5.91 Å². The molecule has 138 valence electrons. The number of nitro groups is 1. The van der Waals surface area contributed by atoms with Crippen LogP contribution in [0.15, 0.2) is 48.5 Å². The SMILES string of the molecule is O=C(COc1ccccc1[N+](=O)[O-])NCc1ccccc1OC(F)(F)F. The van der Waals surface area contributed by atoms with Gasteiger partial charge in [0, 0.05) is 18.2 Å². The van der Waals surface area contributed by atoms with Crippen molar-refractivity contribution in [2.45, 2.75) is 12.9 Å². The van der Waals surface area contributed by atoms with Gasteiger partial charge in [-0.2, -0.15) is 0 Å². The molecule has 2 rings (SSSR count). The average molecular weight is 370 g/mol. The van der Waals surface area contributed by atoms with Crippen molar-refractivity contribution >= 4 is 11.6 Å². The number of carbonyl (C=O) groups is 1. The third-order valence-corrected chi connectivity index (χ3v) is 3.10. The number of para-hydroxylation sites is 3. The molecule has 0 bridgehead atoms. The molecule has 0 heterocycles. The van der Waals surface area contributed by atoms with E-state index >= 15 is 0 Å². The van der Waals surface area contributed by atoms with Crippen LogP contribution in [0.3, 0.4) is 0 Å². The zero-order chi connectivity index (χ0) is 19.2. The lowest BCUT2D eigenvalue weighted by Crippen LogP contribution is -2.29. The Labute approximate surface area is 145 Å². The second kappa shape index (κ2) is 8.19. The first-order chi connectivity index (χ1) is 12.3. The van der Waals surface area contributed by atoms with Gasteiger partial charge in [0.1, 0.15) is 5.75 Å². The lowest BCUT2D eigenvalue weighted by atomic mass is 10.2. The van der Waals surface area contributed by atoms with Gasteiger partial charge in [-0.25, -0.2) is 0 Å². The molecule has 1 N–H and O–H groups in total. The van der Waals surface area contributed by atoms with Gasteiger partial charge in [-0.05, 0) is 12.1 Å². The number of halogens is 3. The summed E-state index contributed by atoms with van der Waals surface area (Å²) in [6.07, 6.45) is -4.85. The van der Waals surface area contributed by atoms with Crippen LogP contribution in [0, 0.1) is 10.1 Å². The molecule has 0 aromatic heterocycles. The van der Waals surface area contributed by atoms with Crippen LogP contribution < -0.4 is 14.8 Å². The molecule has 0 fully saturated rings. The van der Waals surface area contributed by atoms with E-state index in [0.29, 0.717) is 0 Å². The van der Waals surface area contributed by atoms with Gasteiger partial charge in [0.2, 0.25) is 0 Å². The van der Waals surface area contributed by atoms with Crippen LogP contribution in [-0.4, -0.2) is 23.8 Å². The number of nitrogens with zero attached hydrogens (tertiary/aromatic N) is 1. The summed E-state index contributed by atoms with van der Waals surface area (Å²) >= 11 is 0. The maximum Gasteiger partial charge on any atom is 0.573 e. The Hall–Kier alpha value is -3.30. The van der Waals surface area contributed by atoms with Crippen LogP contribution in [0.4, 0.5) is 18.9 Å². The molecule has 0 unspecified atom stereocenters. The molecule has 2 aromatic carbocycles. The topological polar surface area (TPSA) is 90.7 Å². The molecule has 0 saturated heterocycles. The fourth-order valence-corrected chi connectivity index (χ4v) is 1.99. The first-order valence-electron chi connectivity index (χ1n) is 7.23. The molecular formula is C16H13F3N2O5. The number of amides is 1. The molecule has 26 heavy (non-hydrogen) atoms. The summed E-state index contributed by atoms with van der Waals surface area (Å²) in [5, 5.41) is 13.2. The Kier molecular flexibility index (Phi) is 5.99. The Balaban J connectivity index is 1.93. The second-order valence-corrected chi connectivity index (χ2v) is 4.95. The highest BCUT2D eigenvalue weighted by atomic mass is 19.4. The van der Waals surface area contributed by atoms with E-state index in [4.69, 9.17) is 4.74 Å². The van der Waals surface area contributed by atoms with Gasteiger partial charge in [-0.1, -0.05) is 30.3 Å². The van der Waals surface area contributed by atoms with Crippen molar-refractivity contribution in [3.05, 3.63) is 64.2 Å². The molecule has 0 aliphatic rings. The molecule has 7 nitrogen and oxygen atoms in total. The summed E-state index contributed by atoms with van der Waals surface area (Å²) in [5.41, 5.74) is -0.187. The number of nitrogens with one attached hydrogen (secondary N) is 1.